The van der Waals surface area contributed by atoms with Crippen LogP contribution in [0.4, 0.5) is 5.82 Å². The number of phosphoric ester groups is 1. The second-order valence-corrected chi connectivity index (χ2v) is 10.1. The first-order chi connectivity index (χ1) is 17.8. The number of nitrogens with two attached hydrogens (primary N) is 1. The highest BCUT2D eigenvalue weighted by Crippen LogP contribution is 2.58. The van der Waals surface area contributed by atoms with E-state index >= 15 is 0 Å². The number of nitrogens with zero attached hydrogens (tertiary/aromatic N) is 4. The number of aromatic nitrogens is 3. The molecule has 1 aromatic carbocycles. The summed E-state index contributed by atoms with van der Waals surface area (Å²) in [5.74, 6) is -0.363. The van der Waals surface area contributed by atoms with Gasteiger partial charge in [-0.2, -0.15) is 10.4 Å². The van der Waals surface area contributed by atoms with E-state index in [1.165, 1.54) is 16.9 Å². The average molecular weight is 529 g/mol. The maximum Gasteiger partial charge on any atom is 0.478 e. The molecular weight excluding hydrogens is 505 g/mol. The number of nitriles is 1. The Kier molecular flexibility index (Phi) is 6.96. The van der Waals surface area contributed by atoms with Crippen LogP contribution in [0.3, 0.4) is 0 Å². The zero-order valence-electron chi connectivity index (χ0n) is 19.5. The van der Waals surface area contributed by atoms with Gasteiger partial charge in [0.25, 0.3) is 0 Å². The second kappa shape index (κ2) is 10.2. The van der Waals surface area contributed by atoms with Gasteiger partial charge in [0.2, 0.25) is 12.4 Å². The number of phosphoric acid groups is 1. The van der Waals surface area contributed by atoms with E-state index in [2.05, 4.69) is 10.1 Å². The van der Waals surface area contributed by atoms with Crippen LogP contribution in [0.15, 0.2) is 48.8 Å². The standard InChI is InChI=1S/C23H24N5O8P/c24-12-23(18-10-9-16-22(25)26-13-27-28(16)18)21(30)20-17(35-23)11-33-37(31,36-20)34-14-32-19(29)8-4-7-15-5-2-1-3-6-15/h1-3,5-6,9-10,13,17,20-21,30H,4,7-8,11,14H2,(H2,25,26,27)/t17-,20-,21-,23+,37+/m1/s1. The molecule has 5 atom stereocenters. The predicted molar refractivity (Wildman–Crippen MR) is 125 cm³/mol. The molecule has 2 aliphatic heterocycles. The summed E-state index contributed by atoms with van der Waals surface area (Å²) in [7, 11) is -4.23. The van der Waals surface area contributed by atoms with Gasteiger partial charge in [-0.3, -0.25) is 13.8 Å². The number of nitrogen functional groups attached to an aromatic ring is 1. The number of aryl methyl sites for hydroxylation is 1. The van der Waals surface area contributed by atoms with Crippen LogP contribution in [-0.2, 0) is 44.4 Å². The Morgan fingerprint density at radius 1 is 1.32 bits per heavy atom. The third-order valence-corrected chi connectivity index (χ3v) is 7.62. The number of fused-ring (bicyclic) bond motifs is 2. The van der Waals surface area contributed by atoms with Crippen molar-refractivity contribution in [3.05, 3.63) is 60.0 Å². The molecule has 13 nitrogen and oxygen atoms in total. The molecule has 194 valence electrons. The highest BCUT2D eigenvalue weighted by atomic mass is 31.2. The number of carbonyl (C=O) groups is 1. The molecule has 5 rings (SSSR count). The smallest absolute Gasteiger partial charge is 0.438 e. The summed E-state index contributed by atoms with van der Waals surface area (Å²) in [4.78, 5) is 15.9. The number of carbonyl (C=O) groups excluding carboxylic acids is 1. The summed E-state index contributed by atoms with van der Waals surface area (Å²) in [6, 6.07) is 14.8. The van der Waals surface area contributed by atoms with Crippen LogP contribution in [0.1, 0.15) is 24.1 Å². The van der Waals surface area contributed by atoms with Gasteiger partial charge < -0.3 is 20.3 Å². The van der Waals surface area contributed by atoms with Crippen LogP contribution in [0.5, 0.6) is 0 Å². The average Bonchev–Trinajstić information content (AvgIpc) is 3.45. The minimum absolute atomic E-state index is 0.144. The van der Waals surface area contributed by atoms with Crippen LogP contribution in [-0.4, -0.2) is 57.4 Å². The molecule has 14 heteroatoms. The third kappa shape index (κ3) is 4.83. The number of esters is 1. The van der Waals surface area contributed by atoms with Gasteiger partial charge in [0.05, 0.1) is 12.3 Å². The molecule has 2 fully saturated rings. The van der Waals surface area contributed by atoms with Crippen molar-refractivity contribution in [2.45, 2.75) is 43.2 Å². The first-order valence-electron chi connectivity index (χ1n) is 11.5. The van der Waals surface area contributed by atoms with Crippen molar-refractivity contribution < 1.29 is 37.5 Å². The number of hydrogen-bond donors (Lipinski definition) is 2. The van der Waals surface area contributed by atoms with Gasteiger partial charge in [-0.25, -0.2) is 18.6 Å². The van der Waals surface area contributed by atoms with Crippen LogP contribution in [0.25, 0.3) is 5.52 Å². The van der Waals surface area contributed by atoms with Gasteiger partial charge in [-0.05, 0) is 30.5 Å². The Morgan fingerprint density at radius 3 is 2.92 bits per heavy atom. The zero-order valence-corrected chi connectivity index (χ0v) is 20.4. The van der Waals surface area contributed by atoms with Gasteiger partial charge >= 0.3 is 13.8 Å². The lowest BCUT2D eigenvalue weighted by atomic mass is 9.92. The first-order valence-corrected chi connectivity index (χ1v) is 12.9. The molecule has 3 aromatic rings. The number of anilines is 1. The van der Waals surface area contributed by atoms with E-state index in [-0.39, 0.29) is 24.5 Å². The number of rotatable bonds is 8. The maximum atomic E-state index is 13.0. The van der Waals surface area contributed by atoms with Crippen LogP contribution < -0.4 is 5.73 Å². The molecule has 2 aromatic heterocycles. The molecule has 0 radical (unpaired) electrons. The first kappa shape index (κ1) is 25.3. The van der Waals surface area contributed by atoms with Gasteiger partial charge in [-0.1, -0.05) is 30.3 Å². The van der Waals surface area contributed by atoms with Crippen molar-refractivity contribution in [2.75, 3.05) is 19.1 Å². The molecule has 0 unspecified atom stereocenters. The largest absolute Gasteiger partial charge is 0.478 e. The fraction of sp³-hybridized carbons (Fsp3) is 0.391. The molecule has 0 spiro atoms. The quantitative estimate of drug-likeness (QED) is 0.246. The predicted octanol–water partition coefficient (Wildman–Crippen LogP) is 1.85. The lowest BCUT2D eigenvalue weighted by molar-refractivity contribution is -0.152. The number of ether oxygens (including phenoxy) is 2. The van der Waals surface area contributed by atoms with Gasteiger partial charge in [-0.15, -0.1) is 0 Å². The SMILES string of the molecule is N#C[C@@]1(c2ccc3c(N)ncnn23)O[C@@H]2CO[P@@](=O)(OCOC(=O)CCCc3ccccc3)O[C@H]2[C@H]1O. The number of aliphatic hydroxyl groups excluding tert-OH is 1. The molecular formula is C23H24N5O8P. The summed E-state index contributed by atoms with van der Waals surface area (Å²) in [5.41, 5.74) is 5.64. The van der Waals surface area contributed by atoms with Crippen molar-refractivity contribution in [1.82, 2.24) is 14.6 Å². The summed E-state index contributed by atoms with van der Waals surface area (Å²) < 4.78 is 41.0. The van der Waals surface area contributed by atoms with E-state index in [4.69, 9.17) is 28.8 Å². The molecule has 2 saturated heterocycles. The molecule has 3 N–H and O–H groups in total. The molecule has 0 amide bonds. The monoisotopic (exact) mass is 529 g/mol. The van der Waals surface area contributed by atoms with E-state index in [1.807, 2.05) is 36.4 Å². The fourth-order valence-electron chi connectivity index (χ4n) is 4.38. The van der Waals surface area contributed by atoms with Crippen molar-refractivity contribution in [3.63, 3.8) is 0 Å². The second-order valence-electron chi connectivity index (χ2n) is 8.52. The Labute approximate surface area is 211 Å². The maximum absolute atomic E-state index is 13.0. The molecule has 2 aliphatic rings. The minimum atomic E-state index is -4.23. The van der Waals surface area contributed by atoms with Gasteiger partial charge in [0, 0.05) is 6.42 Å². The van der Waals surface area contributed by atoms with Crippen LogP contribution in [0.2, 0.25) is 0 Å². The number of hydrogen-bond acceptors (Lipinski definition) is 12. The third-order valence-electron chi connectivity index (χ3n) is 6.23. The normalized spacial score (nSPS) is 29.0. The van der Waals surface area contributed by atoms with E-state index in [1.54, 1.807) is 6.07 Å². The zero-order chi connectivity index (χ0) is 26.0. The fourth-order valence-corrected chi connectivity index (χ4v) is 5.64. The van der Waals surface area contributed by atoms with E-state index in [0.29, 0.717) is 18.4 Å². The van der Waals surface area contributed by atoms with Gasteiger partial charge in [0.15, 0.2) is 5.82 Å². The highest BCUT2D eigenvalue weighted by molar-refractivity contribution is 7.48. The minimum Gasteiger partial charge on any atom is -0.438 e. The lowest BCUT2D eigenvalue weighted by Gasteiger charge is -2.30. The highest BCUT2D eigenvalue weighted by Gasteiger charge is 2.62. The van der Waals surface area contributed by atoms with E-state index < -0.39 is 44.5 Å². The van der Waals surface area contributed by atoms with Crippen molar-refractivity contribution >= 4 is 25.1 Å². The number of aliphatic hydroxyl groups is 1. The molecule has 37 heavy (non-hydrogen) atoms. The van der Waals surface area contributed by atoms with Crippen LogP contribution >= 0.6 is 7.82 Å². The number of benzene rings is 1. The summed E-state index contributed by atoms with van der Waals surface area (Å²) in [5, 5.41) is 25.2. The molecule has 0 aliphatic carbocycles. The van der Waals surface area contributed by atoms with Crippen molar-refractivity contribution in [1.29, 1.82) is 5.26 Å². The van der Waals surface area contributed by atoms with E-state index in [9.17, 15) is 19.7 Å². The van der Waals surface area contributed by atoms with Crippen LogP contribution in [0, 0.1) is 11.3 Å². The Hall–Kier alpha value is -3.37. The molecule has 0 bridgehead atoms. The van der Waals surface area contributed by atoms with E-state index in [0.717, 1.165) is 5.56 Å². The lowest BCUT2D eigenvalue weighted by Crippen LogP contribution is -2.43. The Bertz CT molecular complexity index is 1380. The topological polar surface area (TPSA) is 181 Å². The van der Waals surface area contributed by atoms with Gasteiger partial charge in [0.1, 0.15) is 36.2 Å². The van der Waals surface area contributed by atoms with Crippen molar-refractivity contribution in [2.24, 2.45) is 0 Å². The summed E-state index contributed by atoms with van der Waals surface area (Å²) in [6.45, 7) is -0.966. The van der Waals surface area contributed by atoms with Crippen molar-refractivity contribution in [3.8, 4) is 6.07 Å². The summed E-state index contributed by atoms with van der Waals surface area (Å²) >= 11 is 0. The molecule has 4 heterocycles. The molecule has 0 saturated carbocycles. The Balaban J connectivity index is 1.19. The summed E-state index contributed by atoms with van der Waals surface area (Å²) in [6.07, 6.45) is -1.13. The Morgan fingerprint density at radius 2 is 2.14 bits per heavy atom.